The topological polar surface area (TPSA) is 102 Å². The Labute approximate surface area is 174 Å². The molecule has 0 atom stereocenters. The molecule has 30 heavy (non-hydrogen) atoms. The van der Waals surface area contributed by atoms with E-state index in [9.17, 15) is 14.9 Å². The number of hydrogen-bond donors (Lipinski definition) is 0. The highest BCUT2D eigenvalue weighted by Crippen LogP contribution is 2.21. The maximum absolute atomic E-state index is 12.6. The summed E-state index contributed by atoms with van der Waals surface area (Å²) in [5.41, 5.74) is 1.41. The molecule has 8 nitrogen and oxygen atoms in total. The van der Waals surface area contributed by atoms with Crippen LogP contribution in [0.4, 0.5) is 5.69 Å². The zero-order valence-corrected chi connectivity index (χ0v) is 16.8. The number of hydrogen-bond acceptors (Lipinski definition) is 6. The molecular formula is C22H22N4O4. The molecule has 3 aromatic rings. The fourth-order valence-corrected chi connectivity index (χ4v) is 2.90. The molecule has 0 fully saturated rings. The van der Waals surface area contributed by atoms with Gasteiger partial charge in [-0.3, -0.25) is 14.9 Å². The molecule has 0 aliphatic rings. The first-order valence-electron chi connectivity index (χ1n) is 9.55. The Bertz CT molecular complexity index is 1040. The second kappa shape index (κ2) is 9.60. The minimum absolute atomic E-state index is 0.00270. The van der Waals surface area contributed by atoms with Crippen molar-refractivity contribution in [3.05, 3.63) is 82.2 Å². The number of aromatic nitrogens is 2. The molecule has 0 aliphatic carbocycles. The summed E-state index contributed by atoms with van der Waals surface area (Å²) < 4.78 is 5.27. The van der Waals surface area contributed by atoms with Gasteiger partial charge in [0.15, 0.2) is 0 Å². The van der Waals surface area contributed by atoms with Crippen LogP contribution in [0.25, 0.3) is 17.5 Å². The predicted octanol–water partition coefficient (Wildman–Crippen LogP) is 4.14. The van der Waals surface area contributed by atoms with Gasteiger partial charge in [-0.05, 0) is 25.5 Å². The Balaban J connectivity index is 1.66. The van der Waals surface area contributed by atoms with Gasteiger partial charge in [0.25, 0.3) is 5.69 Å². The van der Waals surface area contributed by atoms with E-state index in [1.165, 1.54) is 12.1 Å². The Kier molecular flexibility index (Phi) is 6.69. The van der Waals surface area contributed by atoms with Crippen LogP contribution in [0, 0.1) is 10.1 Å². The number of carbonyl (C=O) groups excluding carboxylic acids is 1. The molecule has 1 heterocycles. The van der Waals surface area contributed by atoms with Gasteiger partial charge in [-0.1, -0.05) is 47.6 Å². The van der Waals surface area contributed by atoms with E-state index >= 15 is 0 Å². The highest BCUT2D eigenvalue weighted by Gasteiger charge is 2.17. The largest absolute Gasteiger partial charge is 0.339 e. The van der Waals surface area contributed by atoms with Gasteiger partial charge in [-0.2, -0.15) is 4.98 Å². The van der Waals surface area contributed by atoms with Gasteiger partial charge in [-0.25, -0.2) is 0 Å². The summed E-state index contributed by atoms with van der Waals surface area (Å²) in [6, 6.07) is 15.7. The van der Waals surface area contributed by atoms with Crippen molar-refractivity contribution in [2.75, 3.05) is 6.54 Å². The molecule has 0 radical (unpaired) electrons. The molecule has 0 aliphatic heterocycles. The summed E-state index contributed by atoms with van der Waals surface area (Å²) in [6.45, 7) is 4.29. The van der Waals surface area contributed by atoms with E-state index < -0.39 is 4.92 Å². The van der Waals surface area contributed by atoms with Crippen LogP contribution in [0.2, 0.25) is 0 Å². The lowest BCUT2D eigenvalue weighted by Crippen LogP contribution is -2.37. The predicted molar refractivity (Wildman–Crippen MR) is 112 cm³/mol. The van der Waals surface area contributed by atoms with Crippen LogP contribution in [0.3, 0.4) is 0 Å². The van der Waals surface area contributed by atoms with Crippen LogP contribution in [0.5, 0.6) is 0 Å². The van der Waals surface area contributed by atoms with Gasteiger partial charge in [0.2, 0.25) is 17.6 Å². The van der Waals surface area contributed by atoms with Crippen molar-refractivity contribution >= 4 is 17.7 Å². The van der Waals surface area contributed by atoms with Crippen molar-refractivity contribution in [3.8, 4) is 11.4 Å². The van der Waals surface area contributed by atoms with Gasteiger partial charge in [0.05, 0.1) is 4.92 Å². The van der Waals surface area contributed by atoms with Crippen LogP contribution >= 0.6 is 0 Å². The summed E-state index contributed by atoms with van der Waals surface area (Å²) in [5, 5.41) is 14.8. The maximum Gasteiger partial charge on any atom is 0.270 e. The average molecular weight is 406 g/mol. The molecule has 0 saturated carbocycles. The third-order valence-electron chi connectivity index (χ3n) is 4.47. The minimum Gasteiger partial charge on any atom is -0.339 e. The lowest BCUT2D eigenvalue weighted by Gasteiger charge is -2.24. The van der Waals surface area contributed by atoms with E-state index in [4.69, 9.17) is 4.52 Å². The number of nitro groups is 1. The monoisotopic (exact) mass is 406 g/mol. The SMILES string of the molecule is CC(C)N(CCc1nc(-c2cccc([N+](=O)[O-])c2)no1)C(=O)C=Cc1ccccc1. The van der Waals surface area contributed by atoms with Crippen LogP contribution < -0.4 is 0 Å². The number of benzene rings is 2. The van der Waals surface area contributed by atoms with Crippen LogP contribution in [-0.2, 0) is 11.2 Å². The average Bonchev–Trinajstić information content (AvgIpc) is 3.22. The smallest absolute Gasteiger partial charge is 0.270 e. The Morgan fingerprint density at radius 2 is 1.97 bits per heavy atom. The minimum atomic E-state index is -0.473. The van der Waals surface area contributed by atoms with E-state index in [2.05, 4.69) is 10.1 Å². The molecule has 0 unspecified atom stereocenters. The summed E-state index contributed by atoms with van der Waals surface area (Å²) in [5.74, 6) is 0.536. The molecule has 0 N–H and O–H groups in total. The van der Waals surface area contributed by atoms with Gasteiger partial charge < -0.3 is 9.42 Å². The highest BCUT2D eigenvalue weighted by molar-refractivity contribution is 5.92. The quantitative estimate of drug-likeness (QED) is 0.316. The Hall–Kier alpha value is -3.81. The molecule has 2 aromatic carbocycles. The first-order chi connectivity index (χ1) is 14.4. The first kappa shape index (κ1) is 20.9. The van der Waals surface area contributed by atoms with Crippen molar-refractivity contribution in [3.63, 3.8) is 0 Å². The maximum atomic E-state index is 12.6. The summed E-state index contributed by atoms with van der Waals surface area (Å²) in [7, 11) is 0. The van der Waals surface area contributed by atoms with Crippen molar-refractivity contribution < 1.29 is 14.2 Å². The molecule has 3 rings (SSSR count). The fraction of sp³-hybridized carbons (Fsp3) is 0.227. The summed E-state index contributed by atoms with van der Waals surface area (Å²) in [4.78, 5) is 29.1. The summed E-state index contributed by atoms with van der Waals surface area (Å²) >= 11 is 0. The lowest BCUT2D eigenvalue weighted by molar-refractivity contribution is -0.384. The van der Waals surface area contributed by atoms with Gasteiger partial charge in [-0.15, -0.1) is 0 Å². The molecule has 0 bridgehead atoms. The zero-order valence-electron chi connectivity index (χ0n) is 16.8. The molecular weight excluding hydrogens is 384 g/mol. The number of nitrogens with zero attached hydrogens (tertiary/aromatic N) is 4. The standard InChI is InChI=1S/C22H22N4O4/c1-16(2)25(21(27)12-11-17-7-4-3-5-8-17)14-13-20-23-22(24-30-20)18-9-6-10-19(15-18)26(28)29/h3-12,15-16H,13-14H2,1-2H3. The zero-order chi connectivity index (χ0) is 21.5. The van der Waals surface area contributed by atoms with Crippen LogP contribution in [0.1, 0.15) is 25.3 Å². The first-order valence-corrected chi connectivity index (χ1v) is 9.55. The van der Waals surface area contributed by atoms with E-state index in [1.807, 2.05) is 44.2 Å². The van der Waals surface area contributed by atoms with Crippen molar-refractivity contribution in [2.24, 2.45) is 0 Å². The normalized spacial score (nSPS) is 11.2. The Morgan fingerprint density at radius 3 is 2.67 bits per heavy atom. The van der Waals surface area contributed by atoms with E-state index in [-0.39, 0.29) is 23.5 Å². The molecule has 0 saturated heterocycles. The number of non-ortho nitro benzene ring substituents is 1. The van der Waals surface area contributed by atoms with Crippen molar-refractivity contribution in [2.45, 2.75) is 26.3 Å². The van der Waals surface area contributed by atoms with Crippen LogP contribution in [0.15, 0.2) is 65.2 Å². The third-order valence-corrected chi connectivity index (χ3v) is 4.47. The third kappa shape index (κ3) is 5.38. The number of amides is 1. The fourth-order valence-electron chi connectivity index (χ4n) is 2.90. The molecule has 1 aromatic heterocycles. The number of carbonyl (C=O) groups is 1. The molecule has 0 spiro atoms. The second-order valence-electron chi connectivity index (χ2n) is 6.94. The number of rotatable bonds is 8. The van der Waals surface area contributed by atoms with Crippen molar-refractivity contribution in [1.29, 1.82) is 0 Å². The summed E-state index contributed by atoms with van der Waals surface area (Å²) in [6.07, 6.45) is 3.72. The highest BCUT2D eigenvalue weighted by atomic mass is 16.6. The van der Waals surface area contributed by atoms with E-state index in [0.717, 1.165) is 5.56 Å². The second-order valence-corrected chi connectivity index (χ2v) is 6.94. The van der Waals surface area contributed by atoms with Crippen molar-refractivity contribution in [1.82, 2.24) is 15.0 Å². The molecule has 8 heteroatoms. The molecule has 1 amide bonds. The lowest BCUT2D eigenvalue weighted by atomic mass is 10.2. The molecule has 154 valence electrons. The van der Waals surface area contributed by atoms with E-state index in [0.29, 0.717) is 24.4 Å². The van der Waals surface area contributed by atoms with Gasteiger partial charge in [0, 0.05) is 42.8 Å². The van der Waals surface area contributed by atoms with Crippen LogP contribution in [-0.4, -0.2) is 38.5 Å². The number of nitro benzene ring substituents is 1. The van der Waals surface area contributed by atoms with Gasteiger partial charge >= 0.3 is 0 Å². The van der Waals surface area contributed by atoms with Gasteiger partial charge in [0.1, 0.15) is 0 Å². The van der Waals surface area contributed by atoms with E-state index in [1.54, 1.807) is 29.2 Å². The Morgan fingerprint density at radius 1 is 1.20 bits per heavy atom.